The van der Waals surface area contributed by atoms with E-state index < -0.39 is 29.4 Å². The highest BCUT2D eigenvalue weighted by molar-refractivity contribution is 6.30. The molecule has 7 heteroatoms. The molecule has 0 aliphatic heterocycles. The third-order valence-corrected chi connectivity index (χ3v) is 5.12. The molecule has 0 spiro atoms. The third-order valence-electron chi connectivity index (χ3n) is 4.86. The molecule has 0 radical (unpaired) electrons. The Bertz CT molecular complexity index is 1090. The third kappa shape index (κ3) is 3.72. The van der Waals surface area contributed by atoms with Crippen molar-refractivity contribution in [3.63, 3.8) is 0 Å². The lowest BCUT2D eigenvalue weighted by Gasteiger charge is -2.13. The predicted octanol–water partition coefficient (Wildman–Crippen LogP) is 5.19. The van der Waals surface area contributed by atoms with Crippen molar-refractivity contribution in [2.75, 3.05) is 6.61 Å². The average molecular weight is 418 g/mol. The summed E-state index contributed by atoms with van der Waals surface area (Å²) < 4.78 is 21.5. The van der Waals surface area contributed by atoms with Gasteiger partial charge in [-0.3, -0.25) is 14.2 Å². The van der Waals surface area contributed by atoms with Crippen LogP contribution >= 0.6 is 11.6 Å². The van der Waals surface area contributed by atoms with Crippen LogP contribution in [0.1, 0.15) is 47.8 Å². The molecule has 0 aliphatic carbocycles. The smallest absolute Gasteiger partial charge is 0.313 e. The van der Waals surface area contributed by atoms with E-state index in [1.807, 2.05) is 6.92 Å². The number of aromatic nitrogens is 1. The topological polar surface area (TPSA) is 68.5 Å². The molecule has 1 heterocycles. The Hall–Kier alpha value is -2.86. The van der Waals surface area contributed by atoms with Gasteiger partial charge in [-0.15, -0.1) is 0 Å². The van der Waals surface area contributed by atoms with Crippen LogP contribution in [0.25, 0.3) is 10.9 Å². The predicted molar refractivity (Wildman–Crippen MR) is 109 cm³/mol. The number of carbonyl (C=O) groups is 2. The summed E-state index contributed by atoms with van der Waals surface area (Å²) in [5.41, 5.74) is 1.35. The van der Waals surface area contributed by atoms with Gasteiger partial charge >= 0.3 is 5.97 Å². The Morgan fingerprint density at radius 1 is 1.21 bits per heavy atom. The monoisotopic (exact) mass is 417 g/mol. The van der Waals surface area contributed by atoms with Crippen molar-refractivity contribution in [1.82, 2.24) is 4.57 Å². The van der Waals surface area contributed by atoms with Crippen LogP contribution in [-0.2, 0) is 9.53 Å². The summed E-state index contributed by atoms with van der Waals surface area (Å²) in [6.45, 7) is 5.36. The number of hydrogen-bond acceptors (Lipinski definition) is 4. The second kappa shape index (κ2) is 8.25. The van der Waals surface area contributed by atoms with Gasteiger partial charge < -0.3 is 9.84 Å². The maximum Gasteiger partial charge on any atom is 0.313 e. The van der Waals surface area contributed by atoms with Crippen LogP contribution in [0, 0.1) is 12.7 Å². The average Bonchev–Trinajstić information content (AvgIpc) is 3.00. The first-order chi connectivity index (χ1) is 13.8. The van der Waals surface area contributed by atoms with Gasteiger partial charge in [-0.1, -0.05) is 18.5 Å². The van der Waals surface area contributed by atoms with Crippen molar-refractivity contribution in [1.29, 1.82) is 0 Å². The second-order valence-electron chi connectivity index (χ2n) is 6.83. The molecule has 0 saturated heterocycles. The second-order valence-corrected chi connectivity index (χ2v) is 7.26. The molecule has 3 rings (SSSR count). The Labute approximate surface area is 172 Å². The number of benzene rings is 2. The molecule has 1 N–H and O–H groups in total. The van der Waals surface area contributed by atoms with Crippen LogP contribution in [0.2, 0.25) is 5.02 Å². The first-order valence-electron chi connectivity index (χ1n) is 9.27. The number of rotatable bonds is 5. The summed E-state index contributed by atoms with van der Waals surface area (Å²) in [7, 11) is 0. The Morgan fingerprint density at radius 2 is 1.86 bits per heavy atom. The van der Waals surface area contributed by atoms with Gasteiger partial charge in [0, 0.05) is 21.7 Å². The van der Waals surface area contributed by atoms with E-state index in [1.54, 1.807) is 38.1 Å². The number of aromatic hydroxyl groups is 1. The number of phenolic OH excluding ortho intramolecular Hbond substituents is 1. The van der Waals surface area contributed by atoms with E-state index in [0.717, 1.165) is 0 Å². The molecule has 0 saturated carbocycles. The van der Waals surface area contributed by atoms with Gasteiger partial charge in [0.15, 0.2) is 11.6 Å². The van der Waals surface area contributed by atoms with Gasteiger partial charge in [0.25, 0.3) is 5.91 Å². The summed E-state index contributed by atoms with van der Waals surface area (Å²) in [5.74, 6) is -3.16. The van der Waals surface area contributed by atoms with E-state index in [0.29, 0.717) is 28.3 Å². The summed E-state index contributed by atoms with van der Waals surface area (Å²) >= 11 is 5.90. The lowest BCUT2D eigenvalue weighted by atomic mass is 9.97. The van der Waals surface area contributed by atoms with Crippen LogP contribution in [-0.4, -0.2) is 28.2 Å². The van der Waals surface area contributed by atoms with Gasteiger partial charge in [-0.05, 0) is 62.2 Å². The molecule has 3 aromatic rings. The Balaban J connectivity index is 2.23. The SMILES string of the molecule is CCCOC(=O)[C@H](C)c1c(C)n(C(=O)c2ccc(Cl)cc2)c2ccc(O)c(F)c12. The zero-order valence-corrected chi connectivity index (χ0v) is 17.1. The minimum Gasteiger partial charge on any atom is -0.505 e. The zero-order chi connectivity index (χ0) is 21.3. The molecule has 1 atom stereocenters. The quantitative estimate of drug-likeness (QED) is 0.580. The summed E-state index contributed by atoms with van der Waals surface area (Å²) in [4.78, 5) is 25.7. The minimum atomic E-state index is -0.876. The molecular weight excluding hydrogens is 397 g/mol. The molecule has 0 aliphatic rings. The molecule has 5 nitrogen and oxygen atoms in total. The number of phenols is 1. The van der Waals surface area contributed by atoms with Crippen molar-refractivity contribution < 1.29 is 23.8 Å². The maximum absolute atomic E-state index is 14.9. The number of halogens is 2. The van der Waals surface area contributed by atoms with Crippen LogP contribution in [0.15, 0.2) is 36.4 Å². The molecule has 0 fully saturated rings. The van der Waals surface area contributed by atoms with Crippen molar-refractivity contribution in [2.24, 2.45) is 0 Å². The largest absolute Gasteiger partial charge is 0.505 e. The minimum absolute atomic E-state index is 0.0331. The van der Waals surface area contributed by atoms with Gasteiger partial charge in [0.05, 0.1) is 18.0 Å². The summed E-state index contributed by atoms with van der Waals surface area (Å²) in [5, 5.41) is 10.4. The maximum atomic E-state index is 14.9. The van der Waals surface area contributed by atoms with Crippen molar-refractivity contribution >= 4 is 34.4 Å². The van der Waals surface area contributed by atoms with E-state index in [-0.39, 0.29) is 17.5 Å². The van der Waals surface area contributed by atoms with E-state index in [1.165, 1.54) is 16.7 Å². The molecular formula is C22H21ClFNO4. The van der Waals surface area contributed by atoms with E-state index >= 15 is 0 Å². The molecule has 0 unspecified atom stereocenters. The number of carbonyl (C=O) groups excluding carboxylic acids is 2. The van der Waals surface area contributed by atoms with Gasteiger partial charge in [-0.2, -0.15) is 0 Å². The Kier molecular flexibility index (Phi) is 5.94. The highest BCUT2D eigenvalue weighted by Gasteiger charge is 2.30. The molecule has 152 valence electrons. The van der Waals surface area contributed by atoms with E-state index in [2.05, 4.69) is 0 Å². The lowest BCUT2D eigenvalue weighted by molar-refractivity contribution is -0.145. The van der Waals surface area contributed by atoms with Crippen LogP contribution < -0.4 is 0 Å². The first kappa shape index (κ1) is 20.9. The zero-order valence-electron chi connectivity index (χ0n) is 16.3. The van der Waals surface area contributed by atoms with Gasteiger partial charge in [0.1, 0.15) is 0 Å². The first-order valence-corrected chi connectivity index (χ1v) is 9.65. The van der Waals surface area contributed by atoms with Crippen LogP contribution in [0.3, 0.4) is 0 Å². The van der Waals surface area contributed by atoms with Gasteiger partial charge in [-0.25, -0.2) is 4.39 Å². The van der Waals surface area contributed by atoms with Crippen molar-refractivity contribution in [2.45, 2.75) is 33.1 Å². The van der Waals surface area contributed by atoms with Crippen LogP contribution in [0.4, 0.5) is 4.39 Å². The molecule has 29 heavy (non-hydrogen) atoms. The molecule has 0 amide bonds. The summed E-state index contributed by atoms with van der Waals surface area (Å²) in [6, 6.07) is 8.98. The van der Waals surface area contributed by atoms with Crippen molar-refractivity contribution in [3.05, 3.63) is 64.1 Å². The summed E-state index contributed by atoms with van der Waals surface area (Å²) in [6.07, 6.45) is 0.656. The molecule has 2 aromatic carbocycles. The number of nitrogens with zero attached hydrogens (tertiary/aromatic N) is 1. The van der Waals surface area contributed by atoms with Crippen LogP contribution in [0.5, 0.6) is 5.75 Å². The van der Waals surface area contributed by atoms with E-state index in [9.17, 15) is 19.1 Å². The normalized spacial score (nSPS) is 12.2. The molecule has 0 bridgehead atoms. The lowest BCUT2D eigenvalue weighted by Crippen LogP contribution is -2.17. The standard InChI is InChI=1S/C22H21ClFNO4/c1-4-11-29-22(28)12(2)18-13(3)25(16-9-10-17(26)20(24)19(16)18)21(27)14-5-7-15(23)8-6-14/h5-10,12,26H,4,11H2,1-3H3/t12-/m1/s1. The fraction of sp³-hybridized carbons (Fsp3) is 0.273. The highest BCUT2D eigenvalue weighted by atomic mass is 35.5. The van der Waals surface area contributed by atoms with E-state index in [4.69, 9.17) is 16.3 Å². The van der Waals surface area contributed by atoms with Gasteiger partial charge in [0.2, 0.25) is 0 Å². The number of esters is 1. The highest BCUT2D eigenvalue weighted by Crippen LogP contribution is 2.37. The Morgan fingerprint density at radius 3 is 2.48 bits per heavy atom. The number of hydrogen-bond donors (Lipinski definition) is 1. The fourth-order valence-corrected chi connectivity index (χ4v) is 3.56. The van der Waals surface area contributed by atoms with Crippen molar-refractivity contribution in [3.8, 4) is 5.75 Å². The number of ether oxygens (including phenoxy) is 1. The fourth-order valence-electron chi connectivity index (χ4n) is 3.44. The molecule has 1 aromatic heterocycles. The number of fused-ring (bicyclic) bond motifs is 1.